The van der Waals surface area contributed by atoms with E-state index in [0.29, 0.717) is 6.10 Å². The molecule has 0 saturated heterocycles. The molecule has 0 bridgehead atoms. The fraction of sp³-hybridized carbons (Fsp3) is 0.846. The Balaban J connectivity index is 1.59. The van der Waals surface area contributed by atoms with E-state index in [1.807, 2.05) is 6.92 Å². The maximum absolute atomic E-state index is 12.0. The summed E-state index contributed by atoms with van der Waals surface area (Å²) in [4.78, 5) is 12.0. The van der Waals surface area contributed by atoms with Gasteiger partial charge < -0.3 is 10.1 Å². The Kier molecular flexibility index (Phi) is 3.69. The second-order valence-electron chi connectivity index (χ2n) is 5.75. The summed E-state index contributed by atoms with van der Waals surface area (Å²) in [6.07, 6.45) is 7.49. The summed E-state index contributed by atoms with van der Waals surface area (Å²) in [7, 11) is 0. The lowest BCUT2D eigenvalue weighted by Gasteiger charge is -2.54. The second kappa shape index (κ2) is 5.47. The first-order valence-corrected chi connectivity index (χ1v) is 7.36. The molecule has 2 fully saturated rings. The molecular weight excluding hydrogens is 258 g/mol. The topological polar surface area (TPSA) is 81.9 Å². The quantitative estimate of drug-likeness (QED) is 0.850. The van der Waals surface area contributed by atoms with Gasteiger partial charge in [-0.2, -0.15) is 0 Å². The number of hydrogen-bond donors (Lipinski definition) is 1. The minimum Gasteiger partial charge on any atom is -0.378 e. The Morgan fingerprint density at radius 3 is 2.95 bits per heavy atom. The average molecular weight is 279 g/mol. The van der Waals surface area contributed by atoms with Crippen molar-refractivity contribution < 1.29 is 9.53 Å². The van der Waals surface area contributed by atoms with Crippen molar-refractivity contribution in [3.8, 4) is 0 Å². The number of tetrazole rings is 1. The third kappa shape index (κ3) is 2.30. The van der Waals surface area contributed by atoms with E-state index in [2.05, 4.69) is 20.8 Å². The summed E-state index contributed by atoms with van der Waals surface area (Å²) in [6.45, 7) is 2.96. The Labute approximate surface area is 118 Å². The van der Waals surface area contributed by atoms with Crippen LogP contribution in [0.2, 0.25) is 0 Å². The van der Waals surface area contributed by atoms with Crippen LogP contribution >= 0.6 is 0 Å². The number of hydrogen-bond acceptors (Lipinski definition) is 5. The van der Waals surface area contributed by atoms with Gasteiger partial charge in [0.2, 0.25) is 5.91 Å². The van der Waals surface area contributed by atoms with Crippen molar-refractivity contribution in [2.45, 2.75) is 57.7 Å². The zero-order valence-electron chi connectivity index (χ0n) is 11.8. The van der Waals surface area contributed by atoms with Gasteiger partial charge in [0, 0.05) is 18.1 Å². The molecule has 20 heavy (non-hydrogen) atoms. The fourth-order valence-corrected chi connectivity index (χ4v) is 3.73. The van der Waals surface area contributed by atoms with Crippen molar-refractivity contribution in [3.05, 3.63) is 6.33 Å². The summed E-state index contributed by atoms with van der Waals surface area (Å²) < 4.78 is 7.28. The Bertz CT molecular complexity index is 455. The number of carbonyl (C=O) groups excluding carboxylic acids is 1. The Hall–Kier alpha value is -1.50. The highest BCUT2D eigenvalue weighted by atomic mass is 16.5. The van der Waals surface area contributed by atoms with Crippen molar-refractivity contribution in [3.63, 3.8) is 0 Å². The van der Waals surface area contributed by atoms with Gasteiger partial charge >= 0.3 is 0 Å². The monoisotopic (exact) mass is 279 g/mol. The van der Waals surface area contributed by atoms with E-state index in [1.165, 1.54) is 23.9 Å². The van der Waals surface area contributed by atoms with Gasteiger partial charge in [0.1, 0.15) is 12.9 Å². The predicted octanol–water partition coefficient (Wildman–Crippen LogP) is 0.527. The molecular formula is C13H21N5O2. The number of rotatable bonds is 5. The van der Waals surface area contributed by atoms with Crippen LogP contribution in [0.25, 0.3) is 0 Å². The lowest BCUT2D eigenvalue weighted by Crippen LogP contribution is -2.64. The molecule has 1 amide bonds. The largest absolute Gasteiger partial charge is 0.378 e. The van der Waals surface area contributed by atoms with Crippen LogP contribution in [0.4, 0.5) is 0 Å². The standard InChI is InChI=1S/C13H21N5O2/c1-2-20-11-7-10(13(11)5-3-4-6-13)15-12(19)8-18-9-14-16-17-18/h9-11H,2-8H2,1H3,(H,15,19). The van der Waals surface area contributed by atoms with Crippen molar-refractivity contribution in [2.24, 2.45) is 5.41 Å². The first kappa shape index (κ1) is 13.5. The highest BCUT2D eigenvalue weighted by Crippen LogP contribution is 2.54. The van der Waals surface area contributed by atoms with Crippen LogP contribution in [-0.4, -0.2) is 44.9 Å². The molecule has 1 aromatic heterocycles. The molecule has 110 valence electrons. The molecule has 3 rings (SSSR count). The smallest absolute Gasteiger partial charge is 0.242 e. The maximum Gasteiger partial charge on any atom is 0.242 e. The van der Waals surface area contributed by atoms with E-state index < -0.39 is 0 Å². The molecule has 7 nitrogen and oxygen atoms in total. The maximum atomic E-state index is 12.0. The number of amides is 1. The van der Waals surface area contributed by atoms with Gasteiger partial charge in [-0.05, 0) is 36.6 Å². The van der Waals surface area contributed by atoms with Crippen LogP contribution in [0.1, 0.15) is 39.0 Å². The number of ether oxygens (including phenoxy) is 1. The Morgan fingerprint density at radius 2 is 2.30 bits per heavy atom. The van der Waals surface area contributed by atoms with Crippen molar-refractivity contribution in [2.75, 3.05) is 6.61 Å². The minimum atomic E-state index is -0.0245. The van der Waals surface area contributed by atoms with Gasteiger partial charge in [0.05, 0.1) is 6.10 Å². The summed E-state index contributed by atoms with van der Waals surface area (Å²) in [5, 5.41) is 13.9. The number of nitrogens with zero attached hydrogens (tertiary/aromatic N) is 4. The van der Waals surface area contributed by atoms with Crippen LogP contribution < -0.4 is 5.32 Å². The van der Waals surface area contributed by atoms with E-state index in [4.69, 9.17) is 4.74 Å². The van der Waals surface area contributed by atoms with Gasteiger partial charge in [-0.1, -0.05) is 12.8 Å². The summed E-state index contributed by atoms with van der Waals surface area (Å²) >= 11 is 0. The van der Waals surface area contributed by atoms with Gasteiger partial charge in [-0.15, -0.1) is 5.10 Å². The summed E-state index contributed by atoms with van der Waals surface area (Å²) in [5.74, 6) is -0.0245. The molecule has 1 spiro atoms. The van der Waals surface area contributed by atoms with Crippen molar-refractivity contribution >= 4 is 5.91 Å². The molecule has 2 aliphatic rings. The molecule has 0 radical (unpaired) electrons. The lowest BCUT2D eigenvalue weighted by atomic mass is 9.60. The molecule has 0 aliphatic heterocycles. The third-order valence-corrected chi connectivity index (χ3v) is 4.72. The average Bonchev–Trinajstić information content (AvgIpc) is 3.09. The van der Waals surface area contributed by atoms with E-state index in [9.17, 15) is 4.79 Å². The number of aromatic nitrogens is 4. The number of carbonyl (C=O) groups is 1. The summed E-state index contributed by atoms with van der Waals surface area (Å²) in [6, 6.07) is 0.241. The zero-order chi connectivity index (χ0) is 14.0. The normalized spacial score (nSPS) is 27.4. The first-order chi connectivity index (χ1) is 9.74. The zero-order valence-corrected chi connectivity index (χ0v) is 11.8. The number of nitrogens with one attached hydrogen (secondary N) is 1. The fourth-order valence-electron chi connectivity index (χ4n) is 3.73. The van der Waals surface area contributed by atoms with Crippen LogP contribution in [0.15, 0.2) is 6.33 Å². The Morgan fingerprint density at radius 1 is 1.50 bits per heavy atom. The molecule has 2 aliphatic carbocycles. The summed E-state index contributed by atoms with van der Waals surface area (Å²) in [5.41, 5.74) is 0.173. The van der Waals surface area contributed by atoms with Gasteiger partial charge in [0.15, 0.2) is 0 Å². The SMILES string of the molecule is CCOC1CC(NC(=O)Cn2cnnn2)C12CCCC2. The molecule has 2 unspecified atom stereocenters. The molecule has 0 aromatic carbocycles. The molecule has 2 atom stereocenters. The van der Waals surface area contributed by atoms with Gasteiger partial charge in [-0.25, -0.2) is 4.68 Å². The highest BCUT2D eigenvalue weighted by molar-refractivity contribution is 5.76. The van der Waals surface area contributed by atoms with Crippen LogP contribution in [0, 0.1) is 5.41 Å². The third-order valence-electron chi connectivity index (χ3n) is 4.72. The minimum absolute atomic E-state index is 0.0245. The van der Waals surface area contributed by atoms with E-state index >= 15 is 0 Å². The first-order valence-electron chi connectivity index (χ1n) is 7.36. The second-order valence-corrected chi connectivity index (χ2v) is 5.75. The van der Waals surface area contributed by atoms with Crippen LogP contribution in [-0.2, 0) is 16.1 Å². The van der Waals surface area contributed by atoms with E-state index in [0.717, 1.165) is 25.9 Å². The predicted molar refractivity (Wildman–Crippen MR) is 70.7 cm³/mol. The van der Waals surface area contributed by atoms with Gasteiger partial charge in [0.25, 0.3) is 0 Å². The molecule has 1 heterocycles. The molecule has 1 N–H and O–H groups in total. The van der Waals surface area contributed by atoms with Crippen molar-refractivity contribution in [1.82, 2.24) is 25.5 Å². The van der Waals surface area contributed by atoms with Gasteiger partial charge in [-0.3, -0.25) is 4.79 Å². The van der Waals surface area contributed by atoms with Crippen LogP contribution in [0.5, 0.6) is 0 Å². The highest BCUT2D eigenvalue weighted by Gasteiger charge is 2.57. The van der Waals surface area contributed by atoms with E-state index in [1.54, 1.807) is 0 Å². The lowest BCUT2D eigenvalue weighted by molar-refractivity contribution is -0.144. The van der Waals surface area contributed by atoms with Crippen LogP contribution in [0.3, 0.4) is 0 Å². The molecule has 7 heteroatoms. The van der Waals surface area contributed by atoms with Crippen molar-refractivity contribution in [1.29, 1.82) is 0 Å². The molecule has 1 aromatic rings. The molecule has 2 saturated carbocycles. The van der Waals surface area contributed by atoms with E-state index in [-0.39, 0.29) is 23.9 Å².